The maximum absolute atomic E-state index is 5.05. The molecule has 2 aliphatic carbocycles. The minimum atomic E-state index is -0.202. The first-order valence-electron chi connectivity index (χ1n) is 16.2. The van der Waals surface area contributed by atoms with Crippen LogP contribution in [0.3, 0.4) is 0 Å². The van der Waals surface area contributed by atoms with Gasteiger partial charge in [0.25, 0.3) is 0 Å². The summed E-state index contributed by atoms with van der Waals surface area (Å²) >= 11 is 0. The van der Waals surface area contributed by atoms with Crippen molar-refractivity contribution >= 4 is 33.5 Å². The second-order valence-electron chi connectivity index (χ2n) is 13.0. The lowest BCUT2D eigenvalue weighted by atomic mass is 9.80. The van der Waals surface area contributed by atoms with Crippen LogP contribution in [-0.4, -0.2) is 16.2 Å². The van der Waals surface area contributed by atoms with Gasteiger partial charge in [-0.2, -0.15) is 0 Å². The maximum atomic E-state index is 5.05. The summed E-state index contributed by atoms with van der Waals surface area (Å²) in [7, 11) is 0. The number of hydrogen-bond acceptors (Lipinski definition) is 3. The predicted molar refractivity (Wildman–Crippen MR) is 191 cm³/mol. The van der Waals surface area contributed by atoms with E-state index in [1.807, 2.05) is 6.07 Å². The lowest BCUT2D eigenvalue weighted by Gasteiger charge is -2.24. The van der Waals surface area contributed by atoms with Gasteiger partial charge in [0.15, 0.2) is 5.84 Å². The summed E-state index contributed by atoms with van der Waals surface area (Å²) < 4.78 is 2.42. The Hall–Kier alpha value is -5.48. The van der Waals surface area contributed by atoms with Gasteiger partial charge in [0, 0.05) is 33.0 Å². The third-order valence-corrected chi connectivity index (χ3v) is 9.86. The number of hydrogen-bond donors (Lipinski definition) is 1. The molecule has 6 aromatic rings. The average Bonchev–Trinajstić information content (AvgIpc) is 3.57. The Balaban J connectivity index is 1.16. The molecule has 0 saturated carbocycles. The highest BCUT2D eigenvalue weighted by atomic mass is 15.2. The summed E-state index contributed by atoms with van der Waals surface area (Å²) in [6, 6.07) is 41.6. The molecule has 0 fully saturated rings. The van der Waals surface area contributed by atoms with Crippen LogP contribution in [0.1, 0.15) is 55.1 Å². The Morgan fingerprint density at radius 2 is 1.52 bits per heavy atom. The molecular formula is C42H34N4. The van der Waals surface area contributed by atoms with E-state index in [-0.39, 0.29) is 11.6 Å². The lowest BCUT2D eigenvalue weighted by molar-refractivity contribution is 0.666. The number of benzene rings is 5. The van der Waals surface area contributed by atoms with Crippen LogP contribution in [0.4, 0.5) is 0 Å². The Kier molecular flexibility index (Phi) is 6.01. The first kappa shape index (κ1) is 26.9. The molecule has 0 saturated heterocycles. The number of nitrogens with one attached hydrogen (secondary N) is 1. The monoisotopic (exact) mass is 594 g/mol. The fraction of sp³-hybridized carbons (Fsp3) is 0.143. The number of fused-ring (bicyclic) bond motifs is 7. The van der Waals surface area contributed by atoms with Crippen molar-refractivity contribution in [2.24, 2.45) is 9.98 Å². The van der Waals surface area contributed by atoms with E-state index in [4.69, 9.17) is 9.98 Å². The van der Waals surface area contributed by atoms with Gasteiger partial charge in [-0.1, -0.05) is 111 Å². The van der Waals surface area contributed by atoms with E-state index >= 15 is 0 Å². The summed E-state index contributed by atoms with van der Waals surface area (Å²) in [6.07, 6.45) is 8.48. The molecular weight excluding hydrogens is 560 g/mol. The van der Waals surface area contributed by atoms with Crippen LogP contribution in [-0.2, 0) is 5.41 Å². The molecule has 0 spiro atoms. The Morgan fingerprint density at radius 1 is 0.739 bits per heavy atom. The normalized spacial score (nSPS) is 18.0. The van der Waals surface area contributed by atoms with Crippen molar-refractivity contribution in [2.45, 2.75) is 38.3 Å². The quantitative estimate of drug-likeness (QED) is 0.217. The molecule has 1 atom stereocenters. The number of aromatic nitrogens is 1. The van der Waals surface area contributed by atoms with E-state index in [2.05, 4.69) is 151 Å². The van der Waals surface area contributed by atoms with Gasteiger partial charge >= 0.3 is 0 Å². The van der Waals surface area contributed by atoms with Crippen molar-refractivity contribution in [1.82, 2.24) is 9.88 Å². The van der Waals surface area contributed by atoms with Crippen LogP contribution >= 0.6 is 0 Å². The van der Waals surface area contributed by atoms with Crippen LogP contribution in [0.5, 0.6) is 0 Å². The van der Waals surface area contributed by atoms with E-state index < -0.39 is 0 Å². The standard InChI is InChI=1S/C42H34N4/c1-42(2)34-19-11-9-17-31(34)32-25-26-36-37(38(32)42)33-18-10-12-20-35(33)46(36)30-23-21-29(22-24-30)41-44-39(27-13-5-3-6-14-27)43-40(45-41)28-15-7-4-8-16-28/h3,5-7,9-26,39H,4,8H2,1-2H3,(H,43,44,45). The van der Waals surface area contributed by atoms with Gasteiger partial charge in [0.05, 0.1) is 11.0 Å². The molecule has 1 aromatic heterocycles. The zero-order valence-corrected chi connectivity index (χ0v) is 26.0. The van der Waals surface area contributed by atoms with Crippen molar-refractivity contribution in [3.8, 4) is 16.8 Å². The Morgan fingerprint density at radius 3 is 2.35 bits per heavy atom. The predicted octanol–water partition coefficient (Wildman–Crippen LogP) is 9.81. The molecule has 2 heterocycles. The van der Waals surface area contributed by atoms with Crippen molar-refractivity contribution in [3.05, 3.63) is 161 Å². The first-order valence-corrected chi connectivity index (χ1v) is 16.2. The average molecular weight is 595 g/mol. The SMILES string of the molecule is CC1(C)c2ccccc2-c2ccc3c(c21)c1ccccc1n3-c1ccc(C2=NC(C3=CCCC=C3)=NC(c3ccccc3)N2)cc1. The van der Waals surface area contributed by atoms with Crippen molar-refractivity contribution in [3.63, 3.8) is 0 Å². The Labute approximate surface area is 269 Å². The van der Waals surface area contributed by atoms with Crippen LogP contribution in [0.2, 0.25) is 0 Å². The summed E-state index contributed by atoms with van der Waals surface area (Å²) in [5, 5.41) is 6.25. The lowest BCUT2D eigenvalue weighted by Crippen LogP contribution is -2.33. The topological polar surface area (TPSA) is 41.7 Å². The molecule has 5 aromatic carbocycles. The first-order chi connectivity index (χ1) is 22.6. The molecule has 3 aliphatic rings. The second-order valence-corrected chi connectivity index (χ2v) is 13.0. The summed E-state index contributed by atoms with van der Waals surface area (Å²) in [4.78, 5) is 10.1. The molecule has 0 bridgehead atoms. The summed E-state index contributed by atoms with van der Waals surface area (Å²) in [5.41, 5.74) is 12.2. The molecule has 0 amide bonds. The molecule has 9 rings (SSSR count). The van der Waals surface area contributed by atoms with Gasteiger partial charge in [-0.25, -0.2) is 9.98 Å². The van der Waals surface area contributed by atoms with E-state index in [0.717, 1.165) is 46.9 Å². The molecule has 0 radical (unpaired) electrons. The number of aliphatic imine (C=N–C) groups is 2. The van der Waals surface area contributed by atoms with E-state index in [1.54, 1.807) is 0 Å². The number of amidine groups is 2. The van der Waals surface area contributed by atoms with Crippen LogP contribution in [0.25, 0.3) is 38.6 Å². The molecule has 1 N–H and O–H groups in total. The fourth-order valence-corrected chi connectivity index (χ4v) is 7.69. The molecule has 4 heteroatoms. The van der Waals surface area contributed by atoms with Gasteiger partial charge in [-0.05, 0) is 77.1 Å². The highest BCUT2D eigenvalue weighted by Gasteiger charge is 2.38. The molecule has 4 nitrogen and oxygen atoms in total. The number of nitrogens with zero attached hydrogens (tertiary/aromatic N) is 3. The Bertz CT molecular complexity index is 2300. The molecule has 1 unspecified atom stereocenters. The van der Waals surface area contributed by atoms with Crippen molar-refractivity contribution < 1.29 is 0 Å². The smallest absolute Gasteiger partial charge is 0.159 e. The fourth-order valence-electron chi connectivity index (χ4n) is 7.69. The van der Waals surface area contributed by atoms with Crippen molar-refractivity contribution in [2.75, 3.05) is 0 Å². The second kappa shape index (κ2) is 10.3. The maximum Gasteiger partial charge on any atom is 0.159 e. The number of rotatable bonds is 4. The van der Waals surface area contributed by atoms with Gasteiger partial charge in [-0.3, -0.25) is 0 Å². The summed E-state index contributed by atoms with van der Waals surface area (Å²) in [6.45, 7) is 4.74. The minimum absolute atomic E-state index is 0.0907. The third-order valence-electron chi connectivity index (χ3n) is 9.86. The minimum Gasteiger partial charge on any atom is -0.344 e. The molecule has 1 aliphatic heterocycles. The van der Waals surface area contributed by atoms with Gasteiger partial charge in [0.2, 0.25) is 0 Å². The van der Waals surface area contributed by atoms with Crippen LogP contribution < -0.4 is 5.32 Å². The van der Waals surface area contributed by atoms with E-state index in [0.29, 0.717) is 0 Å². The van der Waals surface area contributed by atoms with E-state index in [9.17, 15) is 0 Å². The van der Waals surface area contributed by atoms with E-state index in [1.165, 1.54) is 44.1 Å². The van der Waals surface area contributed by atoms with Crippen LogP contribution in [0.15, 0.2) is 149 Å². The highest BCUT2D eigenvalue weighted by Crippen LogP contribution is 2.53. The largest absolute Gasteiger partial charge is 0.344 e. The van der Waals surface area contributed by atoms with Crippen molar-refractivity contribution in [1.29, 1.82) is 0 Å². The number of allylic oxidation sites excluding steroid dienone is 2. The van der Waals surface area contributed by atoms with Crippen LogP contribution in [0, 0.1) is 0 Å². The van der Waals surface area contributed by atoms with Gasteiger partial charge < -0.3 is 9.88 Å². The molecule has 222 valence electrons. The summed E-state index contributed by atoms with van der Waals surface area (Å²) in [5.74, 6) is 1.62. The number of para-hydroxylation sites is 1. The zero-order valence-electron chi connectivity index (χ0n) is 26.0. The van der Waals surface area contributed by atoms with Gasteiger partial charge in [-0.15, -0.1) is 0 Å². The zero-order chi connectivity index (χ0) is 30.8. The van der Waals surface area contributed by atoms with Gasteiger partial charge in [0.1, 0.15) is 12.0 Å². The third kappa shape index (κ3) is 4.06. The highest BCUT2D eigenvalue weighted by molar-refractivity contribution is 6.15. The molecule has 46 heavy (non-hydrogen) atoms.